The number of amides is 2. The van der Waals surface area contributed by atoms with E-state index in [0.717, 1.165) is 0 Å². The van der Waals surface area contributed by atoms with Crippen LogP contribution in [0.15, 0.2) is 0 Å². The van der Waals surface area contributed by atoms with Crippen LogP contribution in [0.5, 0.6) is 0 Å². The minimum Gasteiger partial charge on any atom is -0.480 e. The fourth-order valence-corrected chi connectivity index (χ4v) is 0.885. The molecule has 0 aliphatic carbocycles. The summed E-state index contributed by atoms with van der Waals surface area (Å²) in [5, 5.41) is 10.9. The van der Waals surface area contributed by atoms with Gasteiger partial charge < -0.3 is 21.9 Å². The molecule has 92 valence electrons. The smallest absolute Gasteiger partial charge is 0.326 e. The third-order valence-corrected chi connectivity index (χ3v) is 2.26. The van der Waals surface area contributed by atoms with Crippen LogP contribution in [-0.4, -0.2) is 34.5 Å². The second-order valence-corrected chi connectivity index (χ2v) is 3.81. The topological polar surface area (TPSA) is 136 Å². The molecule has 0 aromatic rings. The molecule has 0 fully saturated rings. The summed E-state index contributed by atoms with van der Waals surface area (Å²) < 4.78 is 0. The number of hydrogen-bond donors (Lipinski definition) is 4. The Kier molecular flexibility index (Phi) is 4.90. The first kappa shape index (κ1) is 14.4. The van der Waals surface area contributed by atoms with Crippen molar-refractivity contribution in [1.82, 2.24) is 5.32 Å². The maximum absolute atomic E-state index is 11.5. The summed E-state index contributed by atoms with van der Waals surface area (Å²) in [5.74, 6) is -2.74. The molecule has 6 N–H and O–H groups in total. The molecule has 0 saturated carbocycles. The van der Waals surface area contributed by atoms with E-state index in [0.29, 0.717) is 6.42 Å². The number of carbonyl (C=O) groups is 3. The van der Waals surface area contributed by atoms with Crippen molar-refractivity contribution in [2.45, 2.75) is 38.3 Å². The Morgan fingerprint density at radius 1 is 1.44 bits per heavy atom. The quantitative estimate of drug-likeness (QED) is 0.444. The van der Waals surface area contributed by atoms with Crippen molar-refractivity contribution in [1.29, 1.82) is 0 Å². The van der Waals surface area contributed by atoms with E-state index < -0.39 is 35.8 Å². The Balaban J connectivity index is 4.58. The first-order valence-electron chi connectivity index (χ1n) is 4.81. The predicted octanol–water partition coefficient (Wildman–Crippen LogP) is -1.44. The fraction of sp³-hybridized carbons (Fsp3) is 0.667. The van der Waals surface area contributed by atoms with Crippen molar-refractivity contribution in [2.24, 2.45) is 11.5 Å². The normalized spacial score (nSPS) is 15.9. The lowest BCUT2D eigenvalue weighted by Gasteiger charge is -2.23. The maximum Gasteiger partial charge on any atom is 0.326 e. The second kappa shape index (κ2) is 5.45. The summed E-state index contributed by atoms with van der Waals surface area (Å²) in [4.78, 5) is 32.9. The second-order valence-electron chi connectivity index (χ2n) is 3.81. The Hall–Kier alpha value is -1.63. The number of primary amides is 1. The van der Waals surface area contributed by atoms with Crippen LogP contribution in [0.1, 0.15) is 26.7 Å². The highest BCUT2D eigenvalue weighted by Gasteiger charge is 2.30. The Bertz CT molecular complexity index is 301. The monoisotopic (exact) mass is 231 g/mol. The molecule has 0 bridgehead atoms. The molecule has 16 heavy (non-hydrogen) atoms. The Labute approximate surface area is 93.2 Å². The van der Waals surface area contributed by atoms with Crippen LogP contribution in [0.4, 0.5) is 0 Å². The summed E-state index contributed by atoms with van der Waals surface area (Å²) in [6.07, 6.45) is -0.109. The number of hydrogen-bond acceptors (Lipinski definition) is 4. The summed E-state index contributed by atoms with van der Waals surface area (Å²) >= 11 is 0. The van der Waals surface area contributed by atoms with Gasteiger partial charge in [-0.15, -0.1) is 0 Å². The van der Waals surface area contributed by atoms with Gasteiger partial charge in [0.05, 0.1) is 12.0 Å². The first-order chi connectivity index (χ1) is 7.20. The highest BCUT2D eigenvalue weighted by molar-refractivity contribution is 5.91. The zero-order valence-corrected chi connectivity index (χ0v) is 9.32. The van der Waals surface area contributed by atoms with Gasteiger partial charge in [0.1, 0.15) is 6.04 Å². The molecule has 0 heterocycles. The van der Waals surface area contributed by atoms with Crippen molar-refractivity contribution < 1.29 is 19.5 Å². The molecular weight excluding hydrogens is 214 g/mol. The van der Waals surface area contributed by atoms with E-state index in [2.05, 4.69) is 5.32 Å². The summed E-state index contributed by atoms with van der Waals surface area (Å²) in [6.45, 7) is 3.18. The number of carboxylic acid groups (broad SMARTS) is 1. The minimum atomic E-state index is -1.33. The first-order valence-corrected chi connectivity index (χ1v) is 4.81. The molecule has 1 unspecified atom stereocenters. The van der Waals surface area contributed by atoms with Gasteiger partial charge in [-0.25, -0.2) is 4.79 Å². The lowest BCUT2D eigenvalue weighted by atomic mass is 9.98. The third kappa shape index (κ3) is 4.26. The standard InChI is InChI=1S/C9H17N3O4/c1-3-9(2,11)8(16)12-5(7(14)15)4-6(10)13/h5H,3-4,11H2,1-2H3,(H2,10,13)(H,12,16)(H,14,15)/t5-,9?/m1/s1. The van der Waals surface area contributed by atoms with E-state index in [1.807, 2.05) is 0 Å². The average Bonchev–Trinajstić information content (AvgIpc) is 2.15. The molecule has 2 atom stereocenters. The number of carbonyl (C=O) groups excluding carboxylic acids is 2. The van der Waals surface area contributed by atoms with Gasteiger partial charge in [0.15, 0.2) is 0 Å². The molecule has 0 aliphatic heterocycles. The van der Waals surface area contributed by atoms with Gasteiger partial charge >= 0.3 is 5.97 Å². The number of rotatable bonds is 6. The zero-order chi connectivity index (χ0) is 12.9. The number of aliphatic carboxylic acids is 1. The van der Waals surface area contributed by atoms with Crippen molar-refractivity contribution in [3.8, 4) is 0 Å². The SMILES string of the molecule is CCC(C)(N)C(=O)N[C@H](CC(N)=O)C(=O)O. The van der Waals surface area contributed by atoms with Gasteiger partial charge in [0.25, 0.3) is 0 Å². The highest BCUT2D eigenvalue weighted by atomic mass is 16.4. The Morgan fingerprint density at radius 2 is 1.94 bits per heavy atom. The number of nitrogens with two attached hydrogens (primary N) is 2. The molecule has 0 aromatic carbocycles. The summed E-state index contributed by atoms with van der Waals surface area (Å²) in [6, 6.07) is -1.33. The van der Waals surface area contributed by atoms with Crippen molar-refractivity contribution in [3.05, 3.63) is 0 Å². The molecule has 7 heteroatoms. The van der Waals surface area contributed by atoms with Gasteiger partial charge in [-0.05, 0) is 13.3 Å². The van der Waals surface area contributed by atoms with Crippen molar-refractivity contribution in [3.63, 3.8) is 0 Å². The maximum atomic E-state index is 11.5. The summed E-state index contributed by atoms with van der Waals surface area (Å²) in [7, 11) is 0. The van der Waals surface area contributed by atoms with Crippen LogP contribution in [0.2, 0.25) is 0 Å². The lowest BCUT2D eigenvalue weighted by molar-refractivity contribution is -0.144. The Morgan fingerprint density at radius 3 is 2.25 bits per heavy atom. The van der Waals surface area contributed by atoms with Crippen LogP contribution in [0, 0.1) is 0 Å². The lowest BCUT2D eigenvalue weighted by Crippen LogP contribution is -2.56. The van der Waals surface area contributed by atoms with Crippen LogP contribution < -0.4 is 16.8 Å². The van der Waals surface area contributed by atoms with Crippen LogP contribution in [-0.2, 0) is 14.4 Å². The van der Waals surface area contributed by atoms with Gasteiger partial charge in [-0.1, -0.05) is 6.92 Å². The zero-order valence-electron chi connectivity index (χ0n) is 9.32. The molecule has 0 aromatic heterocycles. The van der Waals surface area contributed by atoms with Gasteiger partial charge in [0, 0.05) is 0 Å². The van der Waals surface area contributed by atoms with E-state index >= 15 is 0 Å². The van der Waals surface area contributed by atoms with Crippen LogP contribution >= 0.6 is 0 Å². The molecule has 0 aliphatic rings. The highest BCUT2D eigenvalue weighted by Crippen LogP contribution is 2.05. The molecule has 7 nitrogen and oxygen atoms in total. The third-order valence-electron chi connectivity index (χ3n) is 2.26. The average molecular weight is 231 g/mol. The van der Waals surface area contributed by atoms with E-state index in [4.69, 9.17) is 16.6 Å². The fourth-order valence-electron chi connectivity index (χ4n) is 0.885. The van der Waals surface area contributed by atoms with E-state index in [9.17, 15) is 14.4 Å². The number of carboxylic acids is 1. The van der Waals surface area contributed by atoms with E-state index in [1.165, 1.54) is 6.92 Å². The van der Waals surface area contributed by atoms with Gasteiger partial charge in [0.2, 0.25) is 11.8 Å². The van der Waals surface area contributed by atoms with Gasteiger partial charge in [-0.2, -0.15) is 0 Å². The van der Waals surface area contributed by atoms with E-state index in [1.54, 1.807) is 6.92 Å². The van der Waals surface area contributed by atoms with Crippen molar-refractivity contribution in [2.75, 3.05) is 0 Å². The molecule has 0 saturated heterocycles. The number of nitrogens with one attached hydrogen (secondary N) is 1. The molecule has 2 amide bonds. The minimum absolute atomic E-state index is 0.349. The molecule has 0 spiro atoms. The van der Waals surface area contributed by atoms with E-state index in [-0.39, 0.29) is 0 Å². The van der Waals surface area contributed by atoms with Crippen LogP contribution in [0.3, 0.4) is 0 Å². The molecule has 0 rings (SSSR count). The summed E-state index contributed by atoms with van der Waals surface area (Å²) in [5.41, 5.74) is 9.32. The largest absolute Gasteiger partial charge is 0.480 e. The predicted molar refractivity (Wildman–Crippen MR) is 56.3 cm³/mol. The molecular formula is C9H17N3O4. The van der Waals surface area contributed by atoms with Gasteiger partial charge in [-0.3, -0.25) is 9.59 Å². The van der Waals surface area contributed by atoms with Crippen LogP contribution in [0.25, 0.3) is 0 Å². The molecule has 0 radical (unpaired) electrons. The van der Waals surface area contributed by atoms with Crippen molar-refractivity contribution >= 4 is 17.8 Å².